The van der Waals surface area contributed by atoms with E-state index >= 15 is 0 Å². The maximum Gasteiger partial charge on any atom is 0.410 e. The van der Waals surface area contributed by atoms with E-state index in [4.69, 9.17) is 9.26 Å². The van der Waals surface area contributed by atoms with Gasteiger partial charge in [0.1, 0.15) is 29.7 Å². The van der Waals surface area contributed by atoms with Gasteiger partial charge in [-0.15, -0.1) is 0 Å². The van der Waals surface area contributed by atoms with Gasteiger partial charge in [-0.2, -0.15) is 13.2 Å². The molecule has 3 atom stereocenters. The Kier molecular flexibility index (Phi) is 8.80. The number of ether oxygens (including phenoxy) is 1. The Hall–Kier alpha value is -3.82. The fourth-order valence-electron chi connectivity index (χ4n) is 4.98. The van der Waals surface area contributed by atoms with Gasteiger partial charge in [-0.3, -0.25) is 9.59 Å². The van der Waals surface area contributed by atoms with Crippen molar-refractivity contribution in [2.45, 2.75) is 62.8 Å². The highest BCUT2D eigenvalue weighted by atomic mass is 19.4. The van der Waals surface area contributed by atoms with E-state index in [1.807, 2.05) is 5.32 Å². The van der Waals surface area contributed by atoms with Crippen molar-refractivity contribution in [1.29, 1.82) is 0 Å². The topological polar surface area (TPSA) is 139 Å². The number of carbonyl (C=O) groups excluding carboxylic acids is 3. The number of hydrogen-bond donors (Lipinski definition) is 3. The van der Waals surface area contributed by atoms with Gasteiger partial charge in [0.25, 0.3) is 5.91 Å². The van der Waals surface area contributed by atoms with E-state index in [9.17, 15) is 36.3 Å². The zero-order valence-corrected chi connectivity index (χ0v) is 22.1. The van der Waals surface area contributed by atoms with Crippen LogP contribution in [0, 0.1) is 12.8 Å². The van der Waals surface area contributed by atoms with Gasteiger partial charge in [0.2, 0.25) is 11.8 Å². The zero-order chi connectivity index (χ0) is 29.9. The third kappa shape index (κ3) is 7.10. The molecule has 0 unspecified atom stereocenters. The summed E-state index contributed by atoms with van der Waals surface area (Å²) in [4.78, 5) is 43.7. The van der Waals surface area contributed by atoms with Crippen LogP contribution < -0.4 is 16.0 Å². The molecule has 0 aromatic carbocycles. The van der Waals surface area contributed by atoms with Gasteiger partial charge in [-0.25, -0.2) is 18.6 Å². The van der Waals surface area contributed by atoms with Crippen molar-refractivity contribution in [2.75, 3.05) is 25.6 Å². The standard InChI is InChI=1S/C25H29F5N6O5/c1-13-16(11-41-35-13)21(37)34-20(14-3-6-24(26,27)7-4-14)22(38)33-19-9-15(5-8-31-19)17(12-40-2)36-10-18(25(28,29)30)32-23(36)39/h5,8-9,11,14,17-18,20H,3-4,6-7,10,12H2,1-2H3,(H,32,39)(H,34,37)(H,31,33,38)/t17-,18+,20+/m1/s1. The Labute approximate surface area is 231 Å². The molecule has 1 saturated heterocycles. The van der Waals surface area contributed by atoms with E-state index in [-0.39, 0.29) is 36.5 Å². The number of alkyl halides is 5. The third-order valence-corrected chi connectivity index (χ3v) is 7.25. The first-order chi connectivity index (χ1) is 19.3. The fraction of sp³-hybridized carbons (Fsp3) is 0.560. The van der Waals surface area contributed by atoms with Gasteiger partial charge < -0.3 is 30.1 Å². The Bertz CT molecular complexity index is 1260. The molecule has 1 saturated carbocycles. The molecule has 4 rings (SSSR count). The molecule has 1 aliphatic carbocycles. The van der Waals surface area contributed by atoms with E-state index in [0.717, 1.165) is 11.2 Å². The van der Waals surface area contributed by atoms with Crippen LogP contribution in [0.25, 0.3) is 0 Å². The van der Waals surface area contributed by atoms with Crippen molar-refractivity contribution < 1.29 is 45.6 Å². The van der Waals surface area contributed by atoms with Crippen LogP contribution in [-0.4, -0.2) is 77.3 Å². The smallest absolute Gasteiger partial charge is 0.382 e. The Morgan fingerprint density at radius 3 is 2.59 bits per heavy atom. The molecule has 2 aliphatic rings. The lowest BCUT2D eigenvalue weighted by Gasteiger charge is -2.33. The molecule has 0 spiro atoms. The largest absolute Gasteiger partial charge is 0.410 e. The number of anilines is 1. The number of pyridine rings is 1. The highest BCUT2D eigenvalue weighted by Crippen LogP contribution is 2.38. The summed E-state index contributed by atoms with van der Waals surface area (Å²) >= 11 is 0. The Balaban J connectivity index is 1.54. The summed E-state index contributed by atoms with van der Waals surface area (Å²) in [5, 5.41) is 10.7. The summed E-state index contributed by atoms with van der Waals surface area (Å²) in [6.07, 6.45) is -3.21. The predicted molar refractivity (Wildman–Crippen MR) is 132 cm³/mol. The first kappa shape index (κ1) is 30.1. The number of rotatable bonds is 9. The van der Waals surface area contributed by atoms with E-state index in [2.05, 4.69) is 20.8 Å². The zero-order valence-electron chi connectivity index (χ0n) is 22.1. The lowest BCUT2D eigenvalue weighted by molar-refractivity contribution is -0.150. The minimum Gasteiger partial charge on any atom is -0.382 e. The average Bonchev–Trinajstić information content (AvgIpc) is 3.51. The molecule has 3 N–H and O–H groups in total. The number of hydrogen-bond acceptors (Lipinski definition) is 7. The lowest BCUT2D eigenvalue weighted by atomic mass is 9.81. The highest BCUT2D eigenvalue weighted by Gasteiger charge is 2.48. The van der Waals surface area contributed by atoms with Crippen LogP contribution in [0.5, 0.6) is 0 Å². The van der Waals surface area contributed by atoms with Gasteiger partial charge in [0.15, 0.2) is 0 Å². The van der Waals surface area contributed by atoms with E-state index < -0.39 is 73.4 Å². The molecule has 0 bridgehead atoms. The molecular formula is C25H29F5N6O5. The number of nitrogens with zero attached hydrogens (tertiary/aromatic N) is 3. The molecule has 16 heteroatoms. The minimum absolute atomic E-state index is 0.0258. The van der Waals surface area contributed by atoms with Gasteiger partial charge in [-0.05, 0) is 43.4 Å². The summed E-state index contributed by atoms with van der Waals surface area (Å²) < 4.78 is 77.3. The normalized spacial score (nSPS) is 20.8. The molecule has 11 nitrogen and oxygen atoms in total. The van der Waals surface area contributed by atoms with Crippen molar-refractivity contribution in [3.05, 3.63) is 41.4 Å². The second-order valence-electron chi connectivity index (χ2n) is 10.1. The van der Waals surface area contributed by atoms with Crippen molar-refractivity contribution in [3.8, 4) is 0 Å². The molecule has 3 heterocycles. The molecule has 0 radical (unpaired) electrons. The second kappa shape index (κ2) is 12.0. The average molecular weight is 589 g/mol. The van der Waals surface area contributed by atoms with Crippen LogP contribution in [0.1, 0.15) is 53.3 Å². The van der Waals surface area contributed by atoms with Crippen LogP contribution in [-0.2, 0) is 9.53 Å². The fourth-order valence-corrected chi connectivity index (χ4v) is 4.98. The van der Waals surface area contributed by atoms with E-state index in [1.54, 1.807) is 0 Å². The Morgan fingerprint density at radius 1 is 1.29 bits per heavy atom. The van der Waals surface area contributed by atoms with Crippen LogP contribution in [0.3, 0.4) is 0 Å². The molecule has 1 aliphatic heterocycles. The molecule has 2 aromatic rings. The summed E-state index contributed by atoms with van der Waals surface area (Å²) in [5.74, 6) is -4.92. The first-order valence-corrected chi connectivity index (χ1v) is 12.8. The number of aryl methyl sites for hydroxylation is 1. The summed E-state index contributed by atoms with van der Waals surface area (Å²) in [6, 6.07) is -2.32. The molecule has 4 amide bonds. The number of nitrogens with one attached hydrogen (secondary N) is 3. The van der Waals surface area contributed by atoms with Crippen molar-refractivity contribution >= 4 is 23.7 Å². The quantitative estimate of drug-likeness (QED) is 0.381. The van der Waals surface area contributed by atoms with Gasteiger partial charge in [0, 0.05) is 26.1 Å². The van der Waals surface area contributed by atoms with Crippen LogP contribution in [0.15, 0.2) is 29.1 Å². The number of methoxy groups -OCH3 is 1. The molecular weight excluding hydrogens is 559 g/mol. The molecule has 41 heavy (non-hydrogen) atoms. The highest BCUT2D eigenvalue weighted by molar-refractivity contribution is 6.01. The SMILES string of the molecule is COC[C@H](c1ccnc(NC(=O)[C@@H](NC(=O)c2conc2C)C2CCC(F)(F)CC2)c1)N1C[C@@H](C(F)(F)F)NC1=O. The summed E-state index contributed by atoms with van der Waals surface area (Å²) in [7, 11) is 1.32. The van der Waals surface area contributed by atoms with Crippen LogP contribution >= 0.6 is 0 Å². The van der Waals surface area contributed by atoms with Gasteiger partial charge in [-0.1, -0.05) is 5.16 Å². The number of halogens is 5. The maximum atomic E-state index is 13.8. The van der Waals surface area contributed by atoms with E-state index in [0.29, 0.717) is 5.56 Å². The van der Waals surface area contributed by atoms with Crippen molar-refractivity contribution in [1.82, 2.24) is 25.7 Å². The maximum absolute atomic E-state index is 13.8. The Morgan fingerprint density at radius 2 is 2.00 bits per heavy atom. The number of amides is 4. The minimum atomic E-state index is -4.65. The number of aromatic nitrogens is 2. The van der Waals surface area contributed by atoms with Crippen molar-refractivity contribution in [2.24, 2.45) is 5.92 Å². The third-order valence-electron chi connectivity index (χ3n) is 7.25. The van der Waals surface area contributed by atoms with Gasteiger partial charge >= 0.3 is 12.2 Å². The molecule has 224 valence electrons. The van der Waals surface area contributed by atoms with Gasteiger partial charge in [0.05, 0.1) is 24.9 Å². The summed E-state index contributed by atoms with van der Waals surface area (Å²) in [5.41, 5.74) is 0.676. The predicted octanol–water partition coefficient (Wildman–Crippen LogP) is 3.58. The van der Waals surface area contributed by atoms with Crippen molar-refractivity contribution in [3.63, 3.8) is 0 Å². The monoisotopic (exact) mass is 588 g/mol. The van der Waals surface area contributed by atoms with Crippen LogP contribution in [0.4, 0.5) is 32.6 Å². The molecule has 2 aromatic heterocycles. The number of carbonyl (C=O) groups is 3. The first-order valence-electron chi connectivity index (χ1n) is 12.8. The summed E-state index contributed by atoms with van der Waals surface area (Å²) in [6.45, 7) is 0.726. The second-order valence-corrected chi connectivity index (χ2v) is 10.1. The van der Waals surface area contributed by atoms with E-state index in [1.165, 1.54) is 32.4 Å². The lowest BCUT2D eigenvalue weighted by Crippen LogP contribution is -2.50. The van der Waals surface area contributed by atoms with Crippen LogP contribution in [0.2, 0.25) is 0 Å². The number of urea groups is 1. The molecule has 2 fully saturated rings.